The smallest absolute Gasteiger partial charge is 0.120 e. The second-order valence-corrected chi connectivity index (χ2v) is 4.70. The van der Waals surface area contributed by atoms with Crippen molar-refractivity contribution in [1.82, 2.24) is 9.97 Å². The van der Waals surface area contributed by atoms with E-state index in [0.717, 1.165) is 23.6 Å². The van der Waals surface area contributed by atoms with Crippen LogP contribution in [-0.4, -0.2) is 9.97 Å². The first-order chi connectivity index (χ1) is 5.92. The van der Waals surface area contributed by atoms with Gasteiger partial charge in [-0.1, -0.05) is 20.8 Å². The van der Waals surface area contributed by atoms with Gasteiger partial charge in [0.05, 0.1) is 12.2 Å². The number of aromatic nitrogens is 2. The summed E-state index contributed by atoms with van der Waals surface area (Å²) in [7, 11) is 0. The minimum atomic E-state index is 0.284. The number of imidazole rings is 1. The molecule has 0 saturated carbocycles. The van der Waals surface area contributed by atoms with Gasteiger partial charge in [0.15, 0.2) is 0 Å². The summed E-state index contributed by atoms with van der Waals surface area (Å²) in [6, 6.07) is 0. The number of H-pyrrole nitrogens is 1. The van der Waals surface area contributed by atoms with Gasteiger partial charge in [-0.3, -0.25) is 0 Å². The molecule has 0 aliphatic heterocycles. The molecule has 0 atom stereocenters. The van der Waals surface area contributed by atoms with Crippen molar-refractivity contribution in [3.63, 3.8) is 0 Å². The molecule has 3 N–H and O–H groups in total. The van der Waals surface area contributed by atoms with E-state index in [-0.39, 0.29) is 5.41 Å². The molecule has 1 aromatic heterocycles. The van der Waals surface area contributed by atoms with E-state index < -0.39 is 0 Å². The molecule has 74 valence electrons. The van der Waals surface area contributed by atoms with Crippen molar-refractivity contribution in [1.29, 1.82) is 0 Å². The van der Waals surface area contributed by atoms with Crippen LogP contribution < -0.4 is 5.73 Å². The van der Waals surface area contributed by atoms with Gasteiger partial charge in [-0.25, -0.2) is 4.98 Å². The van der Waals surface area contributed by atoms with E-state index in [4.69, 9.17) is 5.73 Å². The van der Waals surface area contributed by atoms with Gasteiger partial charge in [0.2, 0.25) is 0 Å². The summed E-state index contributed by atoms with van der Waals surface area (Å²) in [6.45, 7) is 9.17. The van der Waals surface area contributed by atoms with Crippen molar-refractivity contribution >= 4 is 0 Å². The predicted molar refractivity (Wildman–Crippen MR) is 54.4 cm³/mol. The summed E-state index contributed by atoms with van der Waals surface area (Å²) in [4.78, 5) is 7.61. The van der Waals surface area contributed by atoms with Crippen LogP contribution in [0.1, 0.15) is 38.0 Å². The van der Waals surface area contributed by atoms with Crippen molar-refractivity contribution in [2.24, 2.45) is 11.1 Å². The Bertz CT molecular complexity index is 281. The number of rotatable bonds is 2. The largest absolute Gasteiger partial charge is 0.345 e. The second kappa shape index (κ2) is 3.50. The van der Waals surface area contributed by atoms with Crippen molar-refractivity contribution in [2.45, 2.75) is 40.7 Å². The fourth-order valence-electron chi connectivity index (χ4n) is 1.33. The Morgan fingerprint density at radius 1 is 1.38 bits per heavy atom. The molecule has 0 aromatic carbocycles. The minimum Gasteiger partial charge on any atom is -0.345 e. The topological polar surface area (TPSA) is 54.7 Å². The Kier molecular flexibility index (Phi) is 2.76. The van der Waals surface area contributed by atoms with Crippen molar-refractivity contribution in [2.75, 3.05) is 0 Å². The fraction of sp³-hybridized carbons (Fsp3) is 0.700. The maximum absolute atomic E-state index is 5.50. The van der Waals surface area contributed by atoms with E-state index in [1.165, 1.54) is 0 Å². The molecule has 0 bridgehead atoms. The van der Waals surface area contributed by atoms with Gasteiger partial charge < -0.3 is 10.7 Å². The molecule has 3 heteroatoms. The molecular weight excluding hydrogens is 162 g/mol. The molecule has 0 radical (unpaired) electrons. The van der Waals surface area contributed by atoms with Gasteiger partial charge in [0.25, 0.3) is 0 Å². The lowest BCUT2D eigenvalue weighted by Gasteiger charge is -2.16. The van der Waals surface area contributed by atoms with E-state index in [1.807, 2.05) is 6.92 Å². The summed E-state index contributed by atoms with van der Waals surface area (Å²) in [5.41, 5.74) is 8.08. The van der Waals surface area contributed by atoms with E-state index in [9.17, 15) is 0 Å². The van der Waals surface area contributed by atoms with Crippen molar-refractivity contribution in [3.05, 3.63) is 17.2 Å². The molecule has 0 saturated heterocycles. The van der Waals surface area contributed by atoms with Gasteiger partial charge in [-0.2, -0.15) is 0 Å². The Morgan fingerprint density at radius 2 is 2.00 bits per heavy atom. The highest BCUT2D eigenvalue weighted by Crippen LogP contribution is 2.21. The zero-order chi connectivity index (χ0) is 10.1. The first-order valence-corrected chi connectivity index (χ1v) is 4.67. The van der Waals surface area contributed by atoms with Crippen LogP contribution in [0.25, 0.3) is 0 Å². The lowest BCUT2D eigenvalue weighted by Crippen LogP contribution is -2.10. The Labute approximate surface area is 79.8 Å². The van der Waals surface area contributed by atoms with Crippen LogP contribution in [0.5, 0.6) is 0 Å². The lowest BCUT2D eigenvalue weighted by molar-refractivity contribution is 0.406. The van der Waals surface area contributed by atoms with Gasteiger partial charge >= 0.3 is 0 Å². The monoisotopic (exact) mass is 181 g/mol. The highest BCUT2D eigenvalue weighted by molar-refractivity contribution is 5.14. The molecule has 0 spiro atoms. The molecule has 1 heterocycles. The number of nitrogens with two attached hydrogens (primary N) is 1. The van der Waals surface area contributed by atoms with Gasteiger partial charge in [-0.05, 0) is 18.8 Å². The van der Waals surface area contributed by atoms with E-state index >= 15 is 0 Å². The SMILES string of the molecule is Cc1[nH]c(CN)nc1CC(C)(C)C. The van der Waals surface area contributed by atoms with Crippen LogP contribution in [0.3, 0.4) is 0 Å². The first kappa shape index (κ1) is 10.3. The summed E-state index contributed by atoms with van der Waals surface area (Å²) in [5, 5.41) is 0. The zero-order valence-corrected chi connectivity index (χ0v) is 8.94. The van der Waals surface area contributed by atoms with E-state index in [1.54, 1.807) is 0 Å². The molecule has 0 fully saturated rings. The molecule has 0 unspecified atom stereocenters. The number of nitrogens with one attached hydrogen (secondary N) is 1. The molecule has 13 heavy (non-hydrogen) atoms. The third-order valence-electron chi connectivity index (χ3n) is 1.93. The second-order valence-electron chi connectivity index (χ2n) is 4.70. The summed E-state index contributed by atoms with van der Waals surface area (Å²) >= 11 is 0. The minimum absolute atomic E-state index is 0.284. The maximum Gasteiger partial charge on any atom is 0.120 e. The van der Waals surface area contributed by atoms with Crippen molar-refractivity contribution in [3.8, 4) is 0 Å². The molecule has 0 aliphatic rings. The average Bonchev–Trinajstić information content (AvgIpc) is 2.29. The third-order valence-corrected chi connectivity index (χ3v) is 1.93. The van der Waals surface area contributed by atoms with Crippen LogP contribution in [0.2, 0.25) is 0 Å². The number of aryl methyl sites for hydroxylation is 1. The summed E-state index contributed by atoms with van der Waals surface area (Å²) in [5.74, 6) is 0.886. The first-order valence-electron chi connectivity index (χ1n) is 4.67. The number of hydrogen-bond donors (Lipinski definition) is 2. The van der Waals surface area contributed by atoms with Gasteiger partial charge in [-0.15, -0.1) is 0 Å². The van der Waals surface area contributed by atoms with Crippen LogP contribution in [-0.2, 0) is 13.0 Å². The standard InChI is InChI=1S/C10H19N3/c1-7-8(5-10(2,3)4)13-9(6-11)12-7/h5-6,11H2,1-4H3,(H,12,13). The molecule has 3 nitrogen and oxygen atoms in total. The Morgan fingerprint density at radius 3 is 2.38 bits per heavy atom. The van der Waals surface area contributed by atoms with Crippen LogP contribution in [0.15, 0.2) is 0 Å². The molecule has 1 aromatic rings. The van der Waals surface area contributed by atoms with Crippen LogP contribution in [0.4, 0.5) is 0 Å². The number of hydrogen-bond acceptors (Lipinski definition) is 2. The quantitative estimate of drug-likeness (QED) is 0.730. The predicted octanol–water partition coefficient (Wildman–Crippen LogP) is 1.77. The number of nitrogens with zero attached hydrogens (tertiary/aromatic N) is 1. The van der Waals surface area contributed by atoms with Gasteiger partial charge in [0.1, 0.15) is 5.82 Å². The van der Waals surface area contributed by atoms with E-state index in [2.05, 4.69) is 30.7 Å². The maximum atomic E-state index is 5.50. The molecule has 0 amide bonds. The summed E-state index contributed by atoms with van der Waals surface area (Å²) < 4.78 is 0. The van der Waals surface area contributed by atoms with Gasteiger partial charge in [0, 0.05) is 5.69 Å². The highest BCUT2D eigenvalue weighted by atomic mass is 15.0. The lowest BCUT2D eigenvalue weighted by atomic mass is 9.90. The molecule has 1 rings (SSSR count). The number of aromatic amines is 1. The summed E-state index contributed by atoms with van der Waals surface area (Å²) in [6.07, 6.45) is 0.995. The highest BCUT2D eigenvalue weighted by Gasteiger charge is 2.15. The van der Waals surface area contributed by atoms with Crippen LogP contribution >= 0.6 is 0 Å². The van der Waals surface area contributed by atoms with Crippen molar-refractivity contribution < 1.29 is 0 Å². The zero-order valence-electron chi connectivity index (χ0n) is 8.94. The molecular formula is C10H19N3. The average molecular weight is 181 g/mol. The van der Waals surface area contributed by atoms with E-state index in [0.29, 0.717) is 6.54 Å². The Balaban J connectivity index is 2.83. The Hall–Kier alpha value is -0.830. The normalized spacial score (nSPS) is 12.1. The fourth-order valence-corrected chi connectivity index (χ4v) is 1.33. The van der Waals surface area contributed by atoms with Crippen LogP contribution in [0, 0.1) is 12.3 Å². The molecule has 0 aliphatic carbocycles. The third kappa shape index (κ3) is 2.84.